The molecule has 156 valence electrons. The Hall–Kier alpha value is -4.33. The highest BCUT2D eigenvalue weighted by Gasteiger charge is 2.14. The van der Waals surface area contributed by atoms with Crippen molar-refractivity contribution in [2.24, 2.45) is 5.10 Å². The smallest absolute Gasteiger partial charge is 0.336 e. The van der Waals surface area contributed by atoms with Crippen molar-refractivity contribution in [1.82, 2.24) is 5.43 Å². The summed E-state index contributed by atoms with van der Waals surface area (Å²) in [4.78, 5) is 24.1. The lowest BCUT2D eigenvalue weighted by Crippen LogP contribution is -2.19. The molecule has 0 fully saturated rings. The van der Waals surface area contributed by atoms with E-state index in [0.717, 1.165) is 0 Å². The van der Waals surface area contributed by atoms with Gasteiger partial charge in [0.15, 0.2) is 11.5 Å². The molecule has 0 unspecified atom stereocenters. The summed E-state index contributed by atoms with van der Waals surface area (Å²) in [7, 11) is 0. The van der Waals surface area contributed by atoms with Gasteiger partial charge in [-0.25, -0.2) is 10.2 Å². The van der Waals surface area contributed by atoms with Gasteiger partial charge in [-0.15, -0.1) is 0 Å². The molecule has 1 aliphatic rings. The summed E-state index contributed by atoms with van der Waals surface area (Å²) >= 11 is 0. The van der Waals surface area contributed by atoms with Crippen LogP contribution in [0.5, 0.6) is 17.2 Å². The first-order valence-corrected chi connectivity index (χ1v) is 9.44. The van der Waals surface area contributed by atoms with Crippen LogP contribution < -0.4 is 19.6 Å². The molecule has 1 amide bonds. The number of hydrogen-bond acceptors (Lipinski definition) is 7. The van der Waals surface area contributed by atoms with Gasteiger partial charge in [0.1, 0.15) is 24.7 Å². The third-order valence-corrected chi connectivity index (χ3v) is 4.21. The summed E-state index contributed by atoms with van der Waals surface area (Å²) in [5.74, 6) is 1.19. The monoisotopic (exact) mass is 418 g/mol. The number of nitrogens with one attached hydrogen (secondary N) is 1. The Labute approximate surface area is 177 Å². The van der Waals surface area contributed by atoms with Crippen LogP contribution in [0.15, 0.2) is 76.5 Å². The molecule has 2 aromatic carbocycles. The summed E-state index contributed by atoms with van der Waals surface area (Å²) in [5.41, 5.74) is 3.59. The number of amides is 1. The highest BCUT2D eigenvalue weighted by molar-refractivity contribution is 5.95. The van der Waals surface area contributed by atoms with Crippen molar-refractivity contribution in [3.05, 3.63) is 83.8 Å². The zero-order valence-electron chi connectivity index (χ0n) is 16.3. The lowest BCUT2D eigenvalue weighted by molar-refractivity contribution is -0.128. The number of benzene rings is 2. The summed E-state index contributed by atoms with van der Waals surface area (Å²) in [6.07, 6.45) is 5.80. The van der Waals surface area contributed by atoms with E-state index < -0.39 is 5.97 Å². The molecular formula is C23H18N2O6. The van der Waals surface area contributed by atoms with Crippen LogP contribution in [0.1, 0.15) is 21.7 Å². The van der Waals surface area contributed by atoms with Crippen LogP contribution in [-0.2, 0) is 4.79 Å². The summed E-state index contributed by atoms with van der Waals surface area (Å²) in [6, 6.07) is 15.1. The molecule has 2 heterocycles. The van der Waals surface area contributed by atoms with E-state index in [1.807, 2.05) is 0 Å². The molecule has 0 saturated carbocycles. The lowest BCUT2D eigenvalue weighted by atomic mass is 10.2. The molecule has 0 bridgehead atoms. The number of furan rings is 1. The molecule has 0 aliphatic carbocycles. The first-order chi connectivity index (χ1) is 15.2. The average molecular weight is 418 g/mol. The molecule has 0 spiro atoms. The Morgan fingerprint density at radius 1 is 1.00 bits per heavy atom. The van der Waals surface area contributed by atoms with Gasteiger partial charge >= 0.3 is 5.97 Å². The number of nitrogens with zero attached hydrogens (tertiary/aromatic N) is 1. The molecule has 1 aliphatic heterocycles. The number of carbonyl (C=O) groups excluding carboxylic acids is 2. The Balaban J connectivity index is 1.29. The van der Waals surface area contributed by atoms with Crippen LogP contribution in [0.25, 0.3) is 6.08 Å². The second-order valence-corrected chi connectivity index (χ2v) is 6.40. The van der Waals surface area contributed by atoms with Gasteiger partial charge in [0.05, 0.1) is 12.5 Å². The number of esters is 1. The van der Waals surface area contributed by atoms with Crippen LogP contribution >= 0.6 is 0 Å². The van der Waals surface area contributed by atoms with Crippen molar-refractivity contribution < 1.29 is 28.2 Å². The fourth-order valence-corrected chi connectivity index (χ4v) is 2.72. The number of fused-ring (bicyclic) bond motifs is 1. The van der Waals surface area contributed by atoms with E-state index in [1.165, 1.54) is 24.6 Å². The predicted molar refractivity (Wildman–Crippen MR) is 112 cm³/mol. The van der Waals surface area contributed by atoms with Gasteiger partial charge < -0.3 is 18.6 Å². The van der Waals surface area contributed by atoms with Gasteiger partial charge in [-0.05, 0) is 66.2 Å². The fourth-order valence-electron chi connectivity index (χ4n) is 2.72. The SMILES string of the molecule is O=C(/C=C/c1ccco1)Oc1ccc(/C=N/NC(=O)c2ccc3c(c2)OCCO3)cc1. The van der Waals surface area contributed by atoms with Crippen molar-refractivity contribution in [2.75, 3.05) is 13.2 Å². The Morgan fingerprint density at radius 3 is 2.58 bits per heavy atom. The molecule has 4 rings (SSSR count). The van der Waals surface area contributed by atoms with Crippen molar-refractivity contribution in [2.45, 2.75) is 0 Å². The van der Waals surface area contributed by atoms with E-state index in [0.29, 0.717) is 47.3 Å². The van der Waals surface area contributed by atoms with Gasteiger partial charge in [-0.2, -0.15) is 5.10 Å². The van der Waals surface area contributed by atoms with E-state index in [4.69, 9.17) is 18.6 Å². The second kappa shape index (κ2) is 9.45. The van der Waals surface area contributed by atoms with Gasteiger partial charge in [-0.3, -0.25) is 4.79 Å². The van der Waals surface area contributed by atoms with Crippen LogP contribution in [0.4, 0.5) is 0 Å². The van der Waals surface area contributed by atoms with Crippen LogP contribution in [0, 0.1) is 0 Å². The standard InChI is InChI=1S/C23H18N2O6/c26-22(10-8-18-2-1-11-28-18)31-19-6-3-16(4-7-19)15-24-25-23(27)17-5-9-20-21(14-17)30-13-12-29-20/h1-11,14-15H,12-13H2,(H,25,27)/b10-8+,24-15+. The number of hydrazone groups is 1. The molecule has 8 nitrogen and oxygen atoms in total. The van der Waals surface area contributed by atoms with E-state index in [9.17, 15) is 9.59 Å². The van der Waals surface area contributed by atoms with Crippen molar-refractivity contribution >= 4 is 24.2 Å². The molecule has 1 aromatic heterocycles. The molecule has 3 aromatic rings. The molecule has 1 N–H and O–H groups in total. The largest absolute Gasteiger partial charge is 0.486 e. The first kappa shape index (κ1) is 20.0. The number of carbonyl (C=O) groups is 2. The van der Waals surface area contributed by atoms with Gasteiger partial charge in [-0.1, -0.05) is 0 Å². The van der Waals surface area contributed by atoms with Crippen molar-refractivity contribution in [3.63, 3.8) is 0 Å². The van der Waals surface area contributed by atoms with Crippen LogP contribution in [-0.4, -0.2) is 31.3 Å². The van der Waals surface area contributed by atoms with Crippen LogP contribution in [0.3, 0.4) is 0 Å². The van der Waals surface area contributed by atoms with Crippen LogP contribution in [0.2, 0.25) is 0 Å². The second-order valence-electron chi connectivity index (χ2n) is 6.40. The molecular weight excluding hydrogens is 400 g/mol. The number of rotatable bonds is 6. The normalized spacial score (nSPS) is 12.8. The summed E-state index contributed by atoms with van der Waals surface area (Å²) < 4.78 is 21.2. The highest BCUT2D eigenvalue weighted by Crippen LogP contribution is 2.30. The van der Waals surface area contributed by atoms with Gasteiger partial charge in [0.2, 0.25) is 0 Å². The van der Waals surface area contributed by atoms with E-state index >= 15 is 0 Å². The van der Waals surface area contributed by atoms with E-state index in [2.05, 4.69) is 10.5 Å². The van der Waals surface area contributed by atoms with Crippen molar-refractivity contribution in [1.29, 1.82) is 0 Å². The predicted octanol–water partition coefficient (Wildman–Crippen LogP) is 3.43. The minimum atomic E-state index is -0.524. The van der Waals surface area contributed by atoms with Crippen molar-refractivity contribution in [3.8, 4) is 17.2 Å². The molecule has 8 heteroatoms. The Bertz CT molecular complexity index is 1120. The first-order valence-electron chi connectivity index (χ1n) is 9.44. The minimum absolute atomic E-state index is 0.373. The quantitative estimate of drug-likeness (QED) is 0.216. The Morgan fingerprint density at radius 2 is 1.81 bits per heavy atom. The maximum absolute atomic E-state index is 12.3. The third kappa shape index (κ3) is 5.39. The van der Waals surface area contributed by atoms with Gasteiger partial charge in [0.25, 0.3) is 5.91 Å². The molecule has 31 heavy (non-hydrogen) atoms. The summed E-state index contributed by atoms with van der Waals surface area (Å²) in [6.45, 7) is 0.935. The highest BCUT2D eigenvalue weighted by atomic mass is 16.6. The fraction of sp³-hybridized carbons (Fsp3) is 0.0870. The maximum Gasteiger partial charge on any atom is 0.336 e. The van der Waals surface area contributed by atoms with E-state index in [1.54, 1.807) is 54.6 Å². The third-order valence-electron chi connectivity index (χ3n) is 4.21. The number of ether oxygens (including phenoxy) is 3. The summed E-state index contributed by atoms with van der Waals surface area (Å²) in [5, 5.41) is 3.95. The topological polar surface area (TPSA) is 99.4 Å². The van der Waals surface area contributed by atoms with E-state index in [-0.39, 0.29) is 5.91 Å². The molecule has 0 atom stereocenters. The lowest BCUT2D eigenvalue weighted by Gasteiger charge is -2.18. The minimum Gasteiger partial charge on any atom is -0.486 e. The zero-order valence-corrected chi connectivity index (χ0v) is 16.3. The molecule has 0 saturated heterocycles. The molecule has 0 radical (unpaired) electrons. The van der Waals surface area contributed by atoms with Gasteiger partial charge in [0, 0.05) is 11.6 Å². The number of hydrogen-bond donors (Lipinski definition) is 1. The average Bonchev–Trinajstić information content (AvgIpc) is 3.32. The Kier molecular flexibility index (Phi) is 6.08. The maximum atomic E-state index is 12.3. The zero-order chi connectivity index (χ0) is 21.5.